The Morgan fingerprint density at radius 2 is 1.64 bits per heavy atom. The smallest absolute Gasteiger partial charge is 0.190 e. The third-order valence-corrected chi connectivity index (χ3v) is 5.12. The lowest BCUT2D eigenvalue weighted by Gasteiger charge is -2.36. The van der Waals surface area contributed by atoms with Crippen molar-refractivity contribution in [2.24, 2.45) is 4.99 Å². The molecule has 2 rings (SSSR count). The van der Waals surface area contributed by atoms with Crippen LogP contribution >= 0.6 is 0 Å². The van der Waals surface area contributed by atoms with Crippen LogP contribution in [0.1, 0.15) is 32.6 Å². The highest BCUT2D eigenvalue weighted by Gasteiger charge is 2.16. The van der Waals surface area contributed by atoms with E-state index in [1.54, 1.807) is 0 Å². The molecule has 0 unspecified atom stereocenters. The van der Waals surface area contributed by atoms with Gasteiger partial charge in [-0.15, -0.1) is 0 Å². The average Bonchev–Trinajstić information content (AvgIpc) is 2.75. The number of hydrogen-bond acceptors (Lipinski definition) is 4. The fourth-order valence-corrected chi connectivity index (χ4v) is 3.44. The lowest BCUT2D eigenvalue weighted by Crippen LogP contribution is -2.46. The molecule has 1 aromatic carbocycles. The SMILES string of the molecule is CCOCCCCNC(=NC)NCCCCN1CCN(c2ccccc2)CC1. The van der Waals surface area contributed by atoms with Crippen molar-refractivity contribution in [3.63, 3.8) is 0 Å². The number of rotatable bonds is 12. The Balaban J connectivity index is 1.47. The van der Waals surface area contributed by atoms with Crippen molar-refractivity contribution in [1.29, 1.82) is 0 Å². The molecule has 6 nitrogen and oxygen atoms in total. The number of piperazine rings is 1. The van der Waals surface area contributed by atoms with Crippen LogP contribution in [0.5, 0.6) is 0 Å². The Morgan fingerprint density at radius 1 is 0.964 bits per heavy atom. The highest BCUT2D eigenvalue weighted by Crippen LogP contribution is 2.15. The van der Waals surface area contributed by atoms with Crippen molar-refractivity contribution in [2.75, 3.05) is 71.0 Å². The van der Waals surface area contributed by atoms with Gasteiger partial charge in [0, 0.05) is 65.2 Å². The highest BCUT2D eigenvalue weighted by molar-refractivity contribution is 5.79. The first kappa shape index (κ1) is 22.5. The summed E-state index contributed by atoms with van der Waals surface area (Å²) in [6.45, 7) is 11.4. The van der Waals surface area contributed by atoms with E-state index in [0.717, 1.165) is 71.3 Å². The maximum Gasteiger partial charge on any atom is 0.190 e. The molecule has 28 heavy (non-hydrogen) atoms. The van der Waals surface area contributed by atoms with Gasteiger partial charge < -0.3 is 20.3 Å². The Labute approximate surface area is 171 Å². The van der Waals surface area contributed by atoms with Crippen molar-refractivity contribution in [1.82, 2.24) is 15.5 Å². The molecule has 1 aliphatic heterocycles. The fraction of sp³-hybridized carbons (Fsp3) is 0.682. The van der Waals surface area contributed by atoms with E-state index in [-0.39, 0.29) is 0 Å². The Morgan fingerprint density at radius 3 is 2.29 bits per heavy atom. The number of benzene rings is 1. The summed E-state index contributed by atoms with van der Waals surface area (Å²) in [5.41, 5.74) is 1.35. The summed E-state index contributed by atoms with van der Waals surface area (Å²) in [6, 6.07) is 10.7. The molecular formula is C22H39N5O. The lowest BCUT2D eigenvalue weighted by atomic mass is 10.2. The predicted molar refractivity (Wildman–Crippen MR) is 119 cm³/mol. The maximum absolute atomic E-state index is 5.36. The molecule has 2 N–H and O–H groups in total. The predicted octanol–water partition coefficient (Wildman–Crippen LogP) is 2.57. The van der Waals surface area contributed by atoms with Crippen LogP contribution in [0, 0.1) is 0 Å². The van der Waals surface area contributed by atoms with Crippen LogP contribution < -0.4 is 15.5 Å². The van der Waals surface area contributed by atoms with Crippen LogP contribution in [0.2, 0.25) is 0 Å². The van der Waals surface area contributed by atoms with Gasteiger partial charge in [-0.25, -0.2) is 0 Å². The third-order valence-electron chi connectivity index (χ3n) is 5.12. The molecule has 1 aromatic rings. The van der Waals surface area contributed by atoms with Gasteiger partial charge in [-0.05, 0) is 51.3 Å². The van der Waals surface area contributed by atoms with Crippen molar-refractivity contribution in [3.05, 3.63) is 30.3 Å². The Kier molecular flexibility index (Phi) is 11.4. The lowest BCUT2D eigenvalue weighted by molar-refractivity contribution is 0.143. The van der Waals surface area contributed by atoms with Crippen molar-refractivity contribution >= 4 is 11.6 Å². The Bertz CT molecular complexity index is 529. The number of nitrogens with one attached hydrogen (secondary N) is 2. The van der Waals surface area contributed by atoms with Gasteiger partial charge >= 0.3 is 0 Å². The van der Waals surface area contributed by atoms with Gasteiger partial charge in [0.1, 0.15) is 0 Å². The van der Waals surface area contributed by atoms with Crippen LogP contribution in [0.25, 0.3) is 0 Å². The summed E-state index contributed by atoms with van der Waals surface area (Å²) in [7, 11) is 1.84. The minimum atomic E-state index is 0.805. The van der Waals surface area contributed by atoms with Crippen molar-refractivity contribution in [3.8, 4) is 0 Å². The molecular weight excluding hydrogens is 350 g/mol. The second kappa shape index (κ2) is 14.2. The minimum Gasteiger partial charge on any atom is -0.382 e. The molecule has 0 radical (unpaired) electrons. The molecule has 1 fully saturated rings. The fourth-order valence-electron chi connectivity index (χ4n) is 3.44. The first-order chi connectivity index (χ1) is 13.8. The number of nitrogens with zero attached hydrogens (tertiary/aromatic N) is 3. The molecule has 1 aliphatic rings. The van der Waals surface area contributed by atoms with E-state index in [0.29, 0.717) is 0 Å². The van der Waals surface area contributed by atoms with E-state index in [4.69, 9.17) is 4.74 Å². The molecule has 0 atom stereocenters. The maximum atomic E-state index is 5.36. The van der Waals surface area contributed by atoms with E-state index in [2.05, 4.69) is 55.8 Å². The second-order valence-electron chi connectivity index (χ2n) is 7.20. The van der Waals surface area contributed by atoms with Crippen LogP contribution in [-0.4, -0.2) is 76.9 Å². The van der Waals surface area contributed by atoms with E-state index in [1.807, 2.05) is 14.0 Å². The van der Waals surface area contributed by atoms with Gasteiger partial charge in [-0.2, -0.15) is 0 Å². The van der Waals surface area contributed by atoms with Crippen LogP contribution in [0.15, 0.2) is 35.3 Å². The van der Waals surface area contributed by atoms with E-state index in [9.17, 15) is 0 Å². The normalized spacial score (nSPS) is 15.6. The average molecular weight is 390 g/mol. The molecule has 1 saturated heterocycles. The molecule has 158 valence electrons. The quantitative estimate of drug-likeness (QED) is 0.327. The number of hydrogen-bond donors (Lipinski definition) is 2. The zero-order valence-corrected chi connectivity index (χ0v) is 17.8. The van der Waals surface area contributed by atoms with Crippen LogP contribution in [-0.2, 0) is 4.74 Å². The molecule has 0 aromatic heterocycles. The van der Waals surface area contributed by atoms with E-state index >= 15 is 0 Å². The van der Waals surface area contributed by atoms with E-state index < -0.39 is 0 Å². The number of ether oxygens (including phenoxy) is 1. The summed E-state index contributed by atoms with van der Waals surface area (Å²) in [5, 5.41) is 6.79. The van der Waals surface area contributed by atoms with Crippen LogP contribution in [0.3, 0.4) is 0 Å². The molecule has 0 aliphatic carbocycles. The largest absolute Gasteiger partial charge is 0.382 e. The minimum absolute atomic E-state index is 0.805. The summed E-state index contributed by atoms with van der Waals surface area (Å²) < 4.78 is 5.36. The summed E-state index contributed by atoms with van der Waals surface area (Å²) in [4.78, 5) is 9.37. The monoisotopic (exact) mass is 389 g/mol. The van der Waals surface area contributed by atoms with Gasteiger partial charge in [0.15, 0.2) is 5.96 Å². The van der Waals surface area contributed by atoms with Gasteiger partial charge in [-0.1, -0.05) is 18.2 Å². The summed E-state index contributed by atoms with van der Waals surface area (Å²) in [5.74, 6) is 0.910. The molecule has 0 saturated carbocycles. The zero-order chi connectivity index (χ0) is 19.9. The molecule has 0 amide bonds. The van der Waals surface area contributed by atoms with Gasteiger partial charge in [0.2, 0.25) is 0 Å². The van der Waals surface area contributed by atoms with Crippen LogP contribution in [0.4, 0.5) is 5.69 Å². The Hall–Kier alpha value is -1.79. The number of para-hydroxylation sites is 1. The van der Waals surface area contributed by atoms with Gasteiger partial charge in [0.05, 0.1) is 0 Å². The third kappa shape index (κ3) is 8.93. The first-order valence-electron chi connectivity index (χ1n) is 10.9. The molecule has 0 bridgehead atoms. The topological polar surface area (TPSA) is 52.1 Å². The molecule has 6 heteroatoms. The van der Waals surface area contributed by atoms with Crippen molar-refractivity contribution in [2.45, 2.75) is 32.6 Å². The summed E-state index contributed by atoms with van der Waals surface area (Å²) >= 11 is 0. The summed E-state index contributed by atoms with van der Waals surface area (Å²) in [6.07, 6.45) is 4.60. The van der Waals surface area contributed by atoms with E-state index in [1.165, 1.54) is 25.1 Å². The number of aliphatic imine (C=N–C) groups is 1. The second-order valence-corrected chi connectivity index (χ2v) is 7.20. The molecule has 1 heterocycles. The first-order valence-corrected chi connectivity index (χ1v) is 10.9. The highest BCUT2D eigenvalue weighted by atomic mass is 16.5. The zero-order valence-electron chi connectivity index (χ0n) is 17.8. The van der Waals surface area contributed by atoms with Crippen molar-refractivity contribution < 1.29 is 4.74 Å². The number of anilines is 1. The number of guanidine groups is 1. The number of unbranched alkanes of at least 4 members (excludes halogenated alkanes) is 2. The standard InChI is InChI=1S/C22H39N5O/c1-3-28-20-10-8-14-25-22(23-2)24-13-7-9-15-26-16-18-27(19-17-26)21-11-5-4-6-12-21/h4-6,11-12H,3,7-10,13-20H2,1-2H3,(H2,23,24,25). The van der Waals surface area contributed by atoms with Gasteiger partial charge in [0.25, 0.3) is 0 Å². The molecule has 0 spiro atoms. The van der Waals surface area contributed by atoms with Gasteiger partial charge in [-0.3, -0.25) is 9.89 Å².